The summed E-state index contributed by atoms with van der Waals surface area (Å²) in [5.41, 5.74) is 2.11. The predicted molar refractivity (Wildman–Crippen MR) is 121 cm³/mol. The van der Waals surface area contributed by atoms with Gasteiger partial charge in [0.2, 0.25) is 21.8 Å². The number of aryl methyl sites for hydroxylation is 1. The summed E-state index contributed by atoms with van der Waals surface area (Å²) in [5.74, 6) is 0.363. The lowest BCUT2D eigenvalue weighted by Crippen LogP contribution is -2.39. The molecule has 7 nitrogen and oxygen atoms in total. The van der Waals surface area contributed by atoms with Gasteiger partial charge in [-0.05, 0) is 49.6 Å². The molecule has 170 valence electrons. The average Bonchev–Trinajstić information content (AvgIpc) is 3.29. The minimum Gasteiger partial charge on any atom is -0.425 e. The van der Waals surface area contributed by atoms with Gasteiger partial charge in [0.05, 0.1) is 17.9 Å². The monoisotopic (exact) mass is 466 g/mol. The molecule has 0 N–H and O–H groups in total. The highest BCUT2D eigenvalue weighted by molar-refractivity contribution is 7.89. The summed E-state index contributed by atoms with van der Waals surface area (Å²) >= 11 is 0. The summed E-state index contributed by atoms with van der Waals surface area (Å²) in [6.45, 7) is 2.54. The third kappa shape index (κ3) is 4.38. The van der Waals surface area contributed by atoms with Crippen LogP contribution < -0.4 is 0 Å². The molecular formula is C24H23FN4O3S. The van der Waals surface area contributed by atoms with Crippen LogP contribution in [-0.2, 0) is 16.4 Å². The van der Waals surface area contributed by atoms with Crippen molar-refractivity contribution in [1.29, 1.82) is 0 Å². The average molecular weight is 467 g/mol. The summed E-state index contributed by atoms with van der Waals surface area (Å²) in [6, 6.07) is 15.1. The van der Waals surface area contributed by atoms with Crippen molar-refractivity contribution in [3.05, 3.63) is 83.5 Å². The van der Waals surface area contributed by atoms with E-state index in [1.165, 1.54) is 16.4 Å². The number of rotatable bonds is 5. The summed E-state index contributed by atoms with van der Waals surface area (Å²) in [6.07, 6.45) is 1.84. The summed E-state index contributed by atoms with van der Waals surface area (Å²) in [4.78, 5) is 4.71. The highest BCUT2D eigenvalue weighted by atomic mass is 32.2. The van der Waals surface area contributed by atoms with Gasteiger partial charge in [-0.1, -0.05) is 30.3 Å². The van der Waals surface area contributed by atoms with Crippen LogP contribution in [0.1, 0.15) is 41.8 Å². The first-order valence-electron chi connectivity index (χ1n) is 10.8. The van der Waals surface area contributed by atoms with Gasteiger partial charge in [-0.25, -0.2) is 12.8 Å². The van der Waals surface area contributed by atoms with Crippen LogP contribution in [0.2, 0.25) is 0 Å². The van der Waals surface area contributed by atoms with Crippen LogP contribution in [0.5, 0.6) is 0 Å². The molecule has 4 aromatic rings. The van der Waals surface area contributed by atoms with E-state index in [1.54, 1.807) is 24.3 Å². The number of fused-ring (bicyclic) bond motifs is 1. The molecule has 0 amide bonds. The van der Waals surface area contributed by atoms with Gasteiger partial charge in [0.25, 0.3) is 0 Å². The number of pyridine rings is 1. The number of piperidine rings is 1. The van der Waals surface area contributed by atoms with Crippen LogP contribution in [0.3, 0.4) is 0 Å². The molecule has 1 fully saturated rings. The second-order valence-electron chi connectivity index (χ2n) is 8.32. The lowest BCUT2D eigenvalue weighted by molar-refractivity contribution is 0.282. The maximum absolute atomic E-state index is 13.6. The molecule has 1 saturated heterocycles. The second-order valence-corrected chi connectivity index (χ2v) is 10.2. The molecule has 0 aliphatic carbocycles. The van der Waals surface area contributed by atoms with Gasteiger partial charge in [0.1, 0.15) is 10.7 Å². The molecule has 9 heteroatoms. The standard InChI is InChI=1S/C24H23FN4O3S/c1-16-7-10-18-4-2-6-21(23(18)26-16)33(30,31)29-13-3-5-19(15-29)24-28-27-22(32-24)14-17-8-11-20(25)12-9-17/h2,4,6-12,19H,3,5,13-15H2,1H3. The lowest BCUT2D eigenvalue weighted by atomic mass is 10.00. The number of halogens is 1. The van der Waals surface area contributed by atoms with Crippen molar-refractivity contribution in [3.8, 4) is 0 Å². The van der Waals surface area contributed by atoms with E-state index in [4.69, 9.17) is 4.42 Å². The van der Waals surface area contributed by atoms with Gasteiger partial charge >= 0.3 is 0 Å². The maximum atomic E-state index is 13.6. The molecule has 0 radical (unpaired) electrons. The van der Waals surface area contributed by atoms with E-state index in [1.807, 2.05) is 25.1 Å². The van der Waals surface area contributed by atoms with E-state index in [0.717, 1.165) is 23.1 Å². The van der Waals surface area contributed by atoms with E-state index in [9.17, 15) is 12.8 Å². The smallest absolute Gasteiger partial charge is 0.245 e. The van der Waals surface area contributed by atoms with Gasteiger partial charge in [-0.15, -0.1) is 10.2 Å². The molecule has 5 rings (SSSR count). The van der Waals surface area contributed by atoms with Crippen molar-refractivity contribution < 1.29 is 17.2 Å². The topological polar surface area (TPSA) is 89.2 Å². The SMILES string of the molecule is Cc1ccc2cccc(S(=O)(=O)N3CCCC(c4nnc(Cc5ccc(F)cc5)o4)C3)c2n1. The molecule has 1 unspecified atom stereocenters. The highest BCUT2D eigenvalue weighted by Gasteiger charge is 2.34. The number of benzene rings is 2. The largest absolute Gasteiger partial charge is 0.425 e. The number of sulfonamides is 1. The Morgan fingerprint density at radius 1 is 1.09 bits per heavy atom. The van der Waals surface area contributed by atoms with E-state index in [0.29, 0.717) is 36.7 Å². The Morgan fingerprint density at radius 3 is 2.73 bits per heavy atom. The summed E-state index contributed by atoms with van der Waals surface area (Å²) in [7, 11) is -3.75. The fraction of sp³-hybridized carbons (Fsp3) is 0.292. The molecule has 0 saturated carbocycles. The Morgan fingerprint density at radius 2 is 1.91 bits per heavy atom. The Labute approximate surface area is 191 Å². The van der Waals surface area contributed by atoms with Crippen molar-refractivity contribution in [1.82, 2.24) is 19.5 Å². The Balaban J connectivity index is 1.38. The molecule has 33 heavy (non-hydrogen) atoms. The fourth-order valence-electron chi connectivity index (χ4n) is 4.21. The molecule has 1 aliphatic rings. The first kappa shape index (κ1) is 21.7. The van der Waals surface area contributed by atoms with E-state index in [2.05, 4.69) is 15.2 Å². The maximum Gasteiger partial charge on any atom is 0.245 e. The number of nitrogens with zero attached hydrogens (tertiary/aromatic N) is 4. The Bertz CT molecular complexity index is 1400. The van der Waals surface area contributed by atoms with Crippen LogP contribution in [0.4, 0.5) is 4.39 Å². The normalized spacial score (nSPS) is 17.5. The first-order valence-corrected chi connectivity index (χ1v) is 12.3. The van der Waals surface area contributed by atoms with Crippen molar-refractivity contribution in [2.24, 2.45) is 0 Å². The van der Waals surface area contributed by atoms with Crippen molar-refractivity contribution in [3.63, 3.8) is 0 Å². The molecule has 1 aliphatic heterocycles. The van der Waals surface area contributed by atoms with Crippen LogP contribution >= 0.6 is 0 Å². The second kappa shape index (κ2) is 8.64. The van der Waals surface area contributed by atoms with Crippen molar-refractivity contribution >= 4 is 20.9 Å². The van der Waals surface area contributed by atoms with Crippen molar-refractivity contribution in [2.75, 3.05) is 13.1 Å². The third-order valence-corrected chi connectivity index (χ3v) is 7.82. The molecule has 3 heterocycles. The van der Waals surface area contributed by atoms with Crippen LogP contribution in [-0.4, -0.2) is 41.0 Å². The zero-order chi connectivity index (χ0) is 23.0. The predicted octanol–water partition coefficient (Wildman–Crippen LogP) is 4.22. The molecule has 2 aromatic carbocycles. The van der Waals surface area contributed by atoms with Crippen LogP contribution in [0.25, 0.3) is 10.9 Å². The Kier molecular flexibility index (Phi) is 5.67. The zero-order valence-corrected chi connectivity index (χ0v) is 18.9. The minimum absolute atomic E-state index is 0.187. The molecule has 0 spiro atoms. The quantitative estimate of drug-likeness (QED) is 0.437. The molecular weight excluding hydrogens is 443 g/mol. The molecule has 2 aromatic heterocycles. The van der Waals surface area contributed by atoms with Crippen LogP contribution in [0.15, 0.2) is 63.9 Å². The van der Waals surface area contributed by atoms with Gasteiger partial charge in [0, 0.05) is 24.2 Å². The highest BCUT2D eigenvalue weighted by Crippen LogP contribution is 2.32. The number of aromatic nitrogens is 3. The fourth-order valence-corrected chi connectivity index (χ4v) is 5.89. The number of hydrogen-bond donors (Lipinski definition) is 0. The third-order valence-electron chi connectivity index (χ3n) is 5.92. The number of para-hydroxylation sites is 1. The Hall–Kier alpha value is -3.17. The minimum atomic E-state index is -3.75. The van der Waals surface area contributed by atoms with Gasteiger partial charge in [-0.3, -0.25) is 4.98 Å². The zero-order valence-electron chi connectivity index (χ0n) is 18.1. The molecule has 1 atom stereocenters. The molecule has 0 bridgehead atoms. The van der Waals surface area contributed by atoms with Gasteiger partial charge < -0.3 is 4.42 Å². The van der Waals surface area contributed by atoms with Crippen molar-refractivity contribution in [2.45, 2.75) is 37.0 Å². The lowest BCUT2D eigenvalue weighted by Gasteiger charge is -2.30. The van der Waals surface area contributed by atoms with Gasteiger partial charge in [0.15, 0.2) is 0 Å². The summed E-state index contributed by atoms with van der Waals surface area (Å²) < 4.78 is 47.6. The first-order chi connectivity index (χ1) is 15.9. The number of hydrogen-bond acceptors (Lipinski definition) is 6. The summed E-state index contributed by atoms with van der Waals surface area (Å²) in [5, 5.41) is 9.09. The van der Waals surface area contributed by atoms with E-state index < -0.39 is 10.0 Å². The van der Waals surface area contributed by atoms with Gasteiger partial charge in [-0.2, -0.15) is 4.31 Å². The van der Waals surface area contributed by atoms with E-state index in [-0.39, 0.29) is 23.2 Å². The van der Waals surface area contributed by atoms with Crippen LogP contribution in [0, 0.1) is 12.7 Å². The van der Waals surface area contributed by atoms with E-state index >= 15 is 0 Å².